The maximum atomic E-state index is 4.20. The van der Waals surface area contributed by atoms with Crippen molar-refractivity contribution in [3.8, 4) is 0 Å². The molecule has 0 N–H and O–H groups in total. The van der Waals surface area contributed by atoms with Crippen LogP contribution in [0.1, 0.15) is 0 Å². The molecule has 0 aliphatic carbocycles. The van der Waals surface area contributed by atoms with Gasteiger partial charge >= 0.3 is 23.9 Å². The Morgan fingerprint density at radius 2 is 2.00 bits per heavy atom. The fourth-order valence-corrected chi connectivity index (χ4v) is 1.97. The van der Waals surface area contributed by atoms with E-state index < -0.39 is 0 Å². The Labute approximate surface area is 91.2 Å². The Kier molecular flexibility index (Phi) is 3.21. The predicted molar refractivity (Wildman–Crippen MR) is 55.4 cm³/mol. The van der Waals surface area contributed by atoms with Gasteiger partial charge in [-0.1, -0.05) is 12.1 Å². The zero-order chi connectivity index (χ0) is 6.97. The van der Waals surface area contributed by atoms with Crippen molar-refractivity contribution in [1.29, 1.82) is 0 Å². The van der Waals surface area contributed by atoms with Gasteiger partial charge in [0.1, 0.15) is 4.34 Å². The van der Waals surface area contributed by atoms with Gasteiger partial charge in [0.05, 0.1) is 10.2 Å². The topological polar surface area (TPSA) is 12.9 Å². The number of hydrogen-bond donors (Lipinski definition) is 1. The van der Waals surface area contributed by atoms with E-state index >= 15 is 0 Å². The molecule has 4 heteroatoms. The summed E-state index contributed by atoms with van der Waals surface area (Å²) in [6.45, 7) is 0. The van der Waals surface area contributed by atoms with Crippen LogP contribution in [0.15, 0.2) is 28.6 Å². The Morgan fingerprint density at radius 1 is 1.27 bits per heavy atom. The quantitative estimate of drug-likeness (QED) is 0.575. The van der Waals surface area contributed by atoms with Gasteiger partial charge < -0.3 is 0 Å². The maximum absolute atomic E-state index is 4.20. The summed E-state index contributed by atoms with van der Waals surface area (Å²) in [5.41, 5.74) is 1.04. The van der Waals surface area contributed by atoms with Crippen LogP contribution in [0.5, 0.6) is 0 Å². The summed E-state index contributed by atoms with van der Waals surface area (Å²) in [6, 6.07) is 8.03. The van der Waals surface area contributed by atoms with Crippen molar-refractivity contribution < 1.29 is 0 Å². The molecular formula is C7H7NS2Sn. The summed E-state index contributed by atoms with van der Waals surface area (Å²) in [7, 11) is 0. The van der Waals surface area contributed by atoms with Gasteiger partial charge in [-0.15, -0.1) is 24.0 Å². The minimum atomic E-state index is 0. The van der Waals surface area contributed by atoms with E-state index in [1.807, 2.05) is 24.3 Å². The molecule has 0 saturated heterocycles. The molecule has 0 aliphatic rings. The van der Waals surface area contributed by atoms with E-state index in [2.05, 4.69) is 17.6 Å². The SMILES string of the molecule is Sc1nc2ccccc2s1.[SnH2]. The van der Waals surface area contributed by atoms with E-state index in [1.54, 1.807) is 11.3 Å². The number of para-hydroxylation sites is 1. The Balaban J connectivity index is 0.000000605. The molecule has 1 aromatic carbocycles. The second kappa shape index (κ2) is 3.78. The van der Waals surface area contributed by atoms with Crippen LogP contribution in [0.25, 0.3) is 10.2 Å². The van der Waals surface area contributed by atoms with Crippen molar-refractivity contribution in [2.75, 3.05) is 0 Å². The van der Waals surface area contributed by atoms with E-state index in [0.717, 1.165) is 9.86 Å². The Hall–Kier alpha value is 0.259. The van der Waals surface area contributed by atoms with Gasteiger partial charge in [-0.3, -0.25) is 0 Å². The Morgan fingerprint density at radius 3 is 2.73 bits per heavy atom. The number of thiazole rings is 1. The monoisotopic (exact) mass is 289 g/mol. The summed E-state index contributed by atoms with van der Waals surface area (Å²) >= 11 is 5.76. The molecule has 1 nitrogen and oxygen atoms in total. The minimum absolute atomic E-state index is 0. The molecule has 0 fully saturated rings. The molecule has 56 valence electrons. The molecule has 2 radical (unpaired) electrons. The molecule has 11 heavy (non-hydrogen) atoms. The van der Waals surface area contributed by atoms with Crippen LogP contribution in [0.2, 0.25) is 0 Å². The summed E-state index contributed by atoms with van der Waals surface area (Å²) in [5.74, 6) is 0. The van der Waals surface area contributed by atoms with Crippen molar-refractivity contribution >= 4 is 58.1 Å². The predicted octanol–water partition coefficient (Wildman–Crippen LogP) is 1.67. The zero-order valence-electron chi connectivity index (χ0n) is 5.82. The third kappa shape index (κ3) is 1.89. The third-order valence-corrected chi connectivity index (χ3v) is 2.50. The van der Waals surface area contributed by atoms with Gasteiger partial charge in [-0.2, -0.15) is 0 Å². The van der Waals surface area contributed by atoms with Gasteiger partial charge in [0.15, 0.2) is 0 Å². The van der Waals surface area contributed by atoms with E-state index in [9.17, 15) is 0 Å². The number of fused-ring (bicyclic) bond motifs is 1. The van der Waals surface area contributed by atoms with Crippen molar-refractivity contribution in [1.82, 2.24) is 4.98 Å². The second-order valence-corrected chi connectivity index (χ2v) is 3.72. The van der Waals surface area contributed by atoms with Crippen LogP contribution in [0.3, 0.4) is 0 Å². The first-order valence-corrected chi connectivity index (χ1v) is 4.17. The normalized spacial score (nSPS) is 9.55. The van der Waals surface area contributed by atoms with Crippen LogP contribution in [0, 0.1) is 0 Å². The van der Waals surface area contributed by atoms with E-state index in [0.29, 0.717) is 0 Å². The summed E-state index contributed by atoms with van der Waals surface area (Å²) < 4.78 is 2.04. The molecule has 0 atom stereocenters. The first-order valence-electron chi connectivity index (χ1n) is 2.91. The molecule has 0 unspecified atom stereocenters. The number of nitrogens with zero attached hydrogens (tertiary/aromatic N) is 1. The molecule has 1 heterocycles. The van der Waals surface area contributed by atoms with Gasteiger partial charge in [-0.05, 0) is 12.1 Å². The number of hydrogen-bond acceptors (Lipinski definition) is 3. The van der Waals surface area contributed by atoms with Crippen LogP contribution in [-0.4, -0.2) is 28.9 Å². The van der Waals surface area contributed by atoms with Gasteiger partial charge in [0.2, 0.25) is 0 Å². The average Bonchev–Trinajstić information content (AvgIpc) is 2.27. The first kappa shape index (κ1) is 9.35. The summed E-state index contributed by atoms with van der Waals surface area (Å²) in [4.78, 5) is 4.20. The van der Waals surface area contributed by atoms with Crippen molar-refractivity contribution in [3.05, 3.63) is 24.3 Å². The molecule has 0 amide bonds. The van der Waals surface area contributed by atoms with E-state index in [-0.39, 0.29) is 23.9 Å². The van der Waals surface area contributed by atoms with Crippen LogP contribution < -0.4 is 0 Å². The summed E-state index contributed by atoms with van der Waals surface area (Å²) in [6.07, 6.45) is 0. The Bertz CT molecular complexity index is 325. The molecule has 0 spiro atoms. The van der Waals surface area contributed by atoms with Gasteiger partial charge in [0.25, 0.3) is 0 Å². The van der Waals surface area contributed by atoms with Crippen molar-refractivity contribution in [2.24, 2.45) is 0 Å². The fraction of sp³-hybridized carbons (Fsp3) is 0. The molecule has 2 rings (SSSR count). The van der Waals surface area contributed by atoms with Gasteiger partial charge in [0, 0.05) is 0 Å². The summed E-state index contributed by atoms with van der Waals surface area (Å²) in [5, 5.41) is 0. The van der Waals surface area contributed by atoms with Crippen LogP contribution >= 0.6 is 24.0 Å². The molecule has 0 saturated carbocycles. The van der Waals surface area contributed by atoms with Gasteiger partial charge in [-0.25, -0.2) is 4.98 Å². The zero-order valence-corrected chi connectivity index (χ0v) is 11.6. The molecular weight excluding hydrogens is 281 g/mol. The fourth-order valence-electron chi connectivity index (χ4n) is 0.860. The van der Waals surface area contributed by atoms with Crippen LogP contribution in [0.4, 0.5) is 0 Å². The third-order valence-electron chi connectivity index (χ3n) is 1.28. The van der Waals surface area contributed by atoms with Crippen molar-refractivity contribution in [3.63, 3.8) is 0 Å². The first-order chi connectivity index (χ1) is 4.86. The molecule has 1 aromatic heterocycles. The average molecular weight is 288 g/mol. The van der Waals surface area contributed by atoms with Crippen LogP contribution in [-0.2, 0) is 0 Å². The number of rotatable bonds is 0. The number of benzene rings is 1. The van der Waals surface area contributed by atoms with E-state index in [4.69, 9.17) is 0 Å². The van der Waals surface area contributed by atoms with Crippen molar-refractivity contribution in [2.45, 2.75) is 4.34 Å². The molecule has 0 aliphatic heterocycles. The number of aromatic nitrogens is 1. The second-order valence-electron chi connectivity index (χ2n) is 1.96. The number of thiol groups is 1. The molecule has 0 bridgehead atoms. The van der Waals surface area contributed by atoms with E-state index in [1.165, 1.54) is 4.70 Å². The molecule has 2 aromatic rings. The standard InChI is InChI=1S/C7H5NS2.Sn.2H/c9-7-8-5-3-1-2-4-6(5)10-7;;;/h1-4H,(H,8,9);;;.